The molecule has 0 spiro atoms. The Hall–Kier alpha value is -0.520. The molecule has 0 heterocycles. The molecular weight excluding hydrogens is 261 g/mol. The topological polar surface area (TPSA) is 23.8 Å². The molecule has 74 valence electrons. The van der Waals surface area contributed by atoms with E-state index in [4.69, 9.17) is 16.9 Å². The van der Waals surface area contributed by atoms with Crippen LogP contribution in [0.15, 0.2) is 22.7 Å². The summed E-state index contributed by atoms with van der Waals surface area (Å²) in [6, 6.07) is 8.00. The Kier molecular flexibility index (Phi) is 3.58. The summed E-state index contributed by atoms with van der Waals surface area (Å²) < 4.78 is 0.959. The van der Waals surface area contributed by atoms with E-state index in [1.165, 1.54) is 0 Å². The van der Waals surface area contributed by atoms with E-state index in [1.807, 2.05) is 32.0 Å². The number of nitriles is 1. The molecule has 3 heteroatoms. The number of nitrogens with zero attached hydrogens (tertiary/aromatic N) is 1. The minimum atomic E-state index is -0.364. The largest absolute Gasteiger partial charge is 0.198 e. The third-order valence-corrected chi connectivity index (χ3v) is 2.80. The van der Waals surface area contributed by atoms with Gasteiger partial charge in [0.1, 0.15) is 0 Å². The van der Waals surface area contributed by atoms with Crippen molar-refractivity contribution in [2.75, 3.05) is 0 Å². The second kappa shape index (κ2) is 4.33. The number of rotatable bonds is 2. The predicted molar refractivity (Wildman–Crippen MR) is 62.3 cm³/mol. The van der Waals surface area contributed by atoms with Crippen LogP contribution in [0, 0.1) is 16.7 Å². The first-order valence-corrected chi connectivity index (χ1v) is 5.47. The first-order chi connectivity index (χ1) is 6.44. The number of hydrogen-bond acceptors (Lipinski definition) is 1. The Balaban J connectivity index is 2.94. The van der Waals surface area contributed by atoms with Gasteiger partial charge in [0.05, 0.1) is 11.5 Å². The van der Waals surface area contributed by atoms with Crippen molar-refractivity contribution in [2.24, 2.45) is 5.41 Å². The molecule has 0 N–H and O–H groups in total. The first-order valence-electron chi connectivity index (χ1n) is 4.30. The van der Waals surface area contributed by atoms with Crippen LogP contribution in [0.3, 0.4) is 0 Å². The van der Waals surface area contributed by atoms with Crippen molar-refractivity contribution in [3.8, 4) is 6.07 Å². The lowest BCUT2D eigenvalue weighted by Crippen LogP contribution is -2.11. The van der Waals surface area contributed by atoms with Crippen molar-refractivity contribution in [3.63, 3.8) is 0 Å². The standard InChI is InChI=1S/C11H11BrClN/c1-11(2,7-14)6-8-3-4-9(12)5-10(8)13/h3-5H,6H2,1-2H3. The molecule has 0 radical (unpaired) electrons. The molecule has 1 rings (SSSR count). The van der Waals surface area contributed by atoms with E-state index in [0.29, 0.717) is 11.4 Å². The molecular formula is C11H11BrClN. The highest BCUT2D eigenvalue weighted by Gasteiger charge is 2.18. The molecule has 0 aromatic heterocycles. The molecule has 0 unspecified atom stereocenters. The average molecular weight is 273 g/mol. The summed E-state index contributed by atoms with van der Waals surface area (Å²) in [5, 5.41) is 9.61. The molecule has 1 aromatic carbocycles. The minimum Gasteiger partial charge on any atom is -0.198 e. The summed E-state index contributed by atoms with van der Waals surface area (Å²) in [5.74, 6) is 0. The zero-order chi connectivity index (χ0) is 10.8. The van der Waals surface area contributed by atoms with Gasteiger partial charge in [-0.3, -0.25) is 0 Å². The van der Waals surface area contributed by atoms with Gasteiger partial charge >= 0.3 is 0 Å². The van der Waals surface area contributed by atoms with Gasteiger partial charge < -0.3 is 0 Å². The van der Waals surface area contributed by atoms with Crippen LogP contribution >= 0.6 is 27.5 Å². The van der Waals surface area contributed by atoms with E-state index in [9.17, 15) is 0 Å². The van der Waals surface area contributed by atoms with Gasteiger partial charge in [-0.15, -0.1) is 0 Å². The van der Waals surface area contributed by atoms with E-state index < -0.39 is 0 Å². The minimum absolute atomic E-state index is 0.364. The molecule has 0 aliphatic rings. The molecule has 0 aliphatic heterocycles. The zero-order valence-electron chi connectivity index (χ0n) is 8.14. The molecule has 0 saturated carbocycles. The van der Waals surface area contributed by atoms with Crippen LogP contribution in [0.5, 0.6) is 0 Å². The summed E-state index contributed by atoms with van der Waals surface area (Å²) in [6.07, 6.45) is 0.676. The maximum Gasteiger partial charge on any atom is 0.0687 e. The van der Waals surface area contributed by atoms with E-state index in [1.54, 1.807) is 0 Å². The maximum atomic E-state index is 8.90. The third kappa shape index (κ3) is 3.01. The first kappa shape index (κ1) is 11.6. The zero-order valence-corrected chi connectivity index (χ0v) is 10.5. The van der Waals surface area contributed by atoms with Gasteiger partial charge in [0, 0.05) is 9.50 Å². The third-order valence-electron chi connectivity index (χ3n) is 1.95. The number of halogens is 2. The summed E-state index contributed by atoms with van der Waals surface area (Å²) in [6.45, 7) is 3.82. The van der Waals surface area contributed by atoms with Crippen molar-refractivity contribution in [1.82, 2.24) is 0 Å². The Morgan fingerprint density at radius 1 is 1.50 bits per heavy atom. The molecule has 0 amide bonds. The smallest absolute Gasteiger partial charge is 0.0687 e. The maximum absolute atomic E-state index is 8.90. The average Bonchev–Trinajstić information content (AvgIpc) is 2.10. The fourth-order valence-electron chi connectivity index (χ4n) is 1.18. The lowest BCUT2D eigenvalue weighted by Gasteiger charge is -2.15. The van der Waals surface area contributed by atoms with Crippen LogP contribution in [0.25, 0.3) is 0 Å². The molecule has 0 fully saturated rings. The Labute approximate surface area is 97.8 Å². The number of hydrogen-bond donors (Lipinski definition) is 0. The van der Waals surface area contributed by atoms with Gasteiger partial charge in [-0.25, -0.2) is 0 Å². The van der Waals surface area contributed by atoms with E-state index in [-0.39, 0.29) is 5.41 Å². The van der Waals surface area contributed by atoms with Gasteiger partial charge in [0.25, 0.3) is 0 Å². The van der Waals surface area contributed by atoms with Gasteiger partial charge in [-0.05, 0) is 38.0 Å². The van der Waals surface area contributed by atoms with Gasteiger partial charge in [0.15, 0.2) is 0 Å². The van der Waals surface area contributed by atoms with E-state index in [0.717, 1.165) is 10.0 Å². The van der Waals surface area contributed by atoms with Crippen molar-refractivity contribution in [1.29, 1.82) is 5.26 Å². The SMILES string of the molecule is CC(C)(C#N)Cc1ccc(Br)cc1Cl. The molecule has 1 nitrogen and oxygen atoms in total. The van der Waals surface area contributed by atoms with Crippen molar-refractivity contribution in [3.05, 3.63) is 33.3 Å². The summed E-state index contributed by atoms with van der Waals surface area (Å²) in [4.78, 5) is 0. The molecule has 1 aromatic rings. The fraction of sp³-hybridized carbons (Fsp3) is 0.364. The van der Waals surface area contributed by atoms with Crippen LogP contribution in [0.2, 0.25) is 5.02 Å². The Morgan fingerprint density at radius 3 is 2.64 bits per heavy atom. The van der Waals surface area contributed by atoms with Crippen LogP contribution in [0.1, 0.15) is 19.4 Å². The predicted octanol–water partition coefficient (Wildman–Crippen LogP) is 4.19. The quantitative estimate of drug-likeness (QED) is 0.792. The van der Waals surface area contributed by atoms with Crippen molar-refractivity contribution >= 4 is 27.5 Å². The lowest BCUT2D eigenvalue weighted by atomic mass is 9.87. The molecule has 14 heavy (non-hydrogen) atoms. The lowest BCUT2D eigenvalue weighted by molar-refractivity contribution is 0.493. The normalized spacial score (nSPS) is 11.1. The highest BCUT2D eigenvalue weighted by Crippen LogP contribution is 2.27. The molecule has 0 atom stereocenters. The van der Waals surface area contributed by atoms with Gasteiger partial charge in [-0.2, -0.15) is 5.26 Å². The molecule has 0 bridgehead atoms. The fourth-order valence-corrected chi connectivity index (χ4v) is 1.92. The van der Waals surface area contributed by atoms with Crippen LogP contribution in [-0.2, 0) is 6.42 Å². The Morgan fingerprint density at radius 2 is 2.14 bits per heavy atom. The second-order valence-electron chi connectivity index (χ2n) is 3.91. The van der Waals surface area contributed by atoms with E-state index in [2.05, 4.69) is 22.0 Å². The highest BCUT2D eigenvalue weighted by molar-refractivity contribution is 9.10. The van der Waals surface area contributed by atoms with Crippen molar-refractivity contribution in [2.45, 2.75) is 20.3 Å². The van der Waals surface area contributed by atoms with E-state index >= 15 is 0 Å². The van der Waals surface area contributed by atoms with Gasteiger partial charge in [-0.1, -0.05) is 33.6 Å². The number of benzene rings is 1. The van der Waals surface area contributed by atoms with Crippen LogP contribution < -0.4 is 0 Å². The van der Waals surface area contributed by atoms with Crippen LogP contribution in [-0.4, -0.2) is 0 Å². The summed E-state index contributed by atoms with van der Waals surface area (Å²) in [5.41, 5.74) is 0.652. The van der Waals surface area contributed by atoms with Crippen LogP contribution in [0.4, 0.5) is 0 Å². The summed E-state index contributed by atoms with van der Waals surface area (Å²) >= 11 is 9.40. The van der Waals surface area contributed by atoms with Crippen molar-refractivity contribution < 1.29 is 0 Å². The summed E-state index contributed by atoms with van der Waals surface area (Å²) in [7, 11) is 0. The highest BCUT2D eigenvalue weighted by atomic mass is 79.9. The Bertz CT molecular complexity index is 379. The molecule has 0 aliphatic carbocycles. The van der Waals surface area contributed by atoms with Gasteiger partial charge in [0.2, 0.25) is 0 Å². The molecule has 0 saturated heterocycles. The monoisotopic (exact) mass is 271 g/mol. The second-order valence-corrected chi connectivity index (χ2v) is 5.23.